The molecular weight excluding hydrogens is 358 g/mol. The zero-order valence-electron chi connectivity index (χ0n) is 13.4. The highest BCUT2D eigenvalue weighted by molar-refractivity contribution is 9.10. The number of hydrogen-bond acceptors (Lipinski definition) is 4. The van der Waals surface area contributed by atoms with E-state index in [2.05, 4.69) is 21.2 Å². The van der Waals surface area contributed by atoms with E-state index >= 15 is 0 Å². The monoisotopic (exact) mass is 379 g/mol. The van der Waals surface area contributed by atoms with Crippen LogP contribution in [0.25, 0.3) is 0 Å². The maximum atomic E-state index is 9.29. The molecule has 2 aromatic carbocycles. The molecule has 0 aliphatic rings. The number of halogens is 1. The van der Waals surface area contributed by atoms with E-state index in [1.165, 1.54) is 0 Å². The predicted octanol–water partition coefficient (Wildman–Crippen LogP) is 3.51. The van der Waals surface area contributed by atoms with E-state index in [1.807, 2.05) is 42.5 Å². The summed E-state index contributed by atoms with van der Waals surface area (Å²) < 4.78 is 12.2. The van der Waals surface area contributed by atoms with Crippen LogP contribution in [0.5, 0.6) is 11.5 Å². The molecule has 0 aliphatic heterocycles. The topological polar surface area (TPSA) is 50.7 Å². The van der Waals surface area contributed by atoms with Crippen LogP contribution in [0.4, 0.5) is 0 Å². The van der Waals surface area contributed by atoms with Gasteiger partial charge in [-0.05, 0) is 46.1 Å². The molecule has 5 heteroatoms. The van der Waals surface area contributed by atoms with Crippen molar-refractivity contribution in [2.45, 2.75) is 26.2 Å². The van der Waals surface area contributed by atoms with Crippen molar-refractivity contribution in [3.8, 4) is 11.5 Å². The Kier molecular flexibility index (Phi) is 6.89. The van der Waals surface area contributed by atoms with E-state index in [-0.39, 0.29) is 6.10 Å². The summed E-state index contributed by atoms with van der Waals surface area (Å²) in [5.74, 6) is 1.37. The summed E-state index contributed by atoms with van der Waals surface area (Å²) in [6.07, 6.45) is -0.367. The van der Waals surface area contributed by atoms with Gasteiger partial charge < -0.3 is 19.9 Å². The molecule has 0 bridgehead atoms. The Balaban J connectivity index is 2.07. The number of nitrogens with one attached hydrogen (secondary N) is 1. The molecule has 2 aromatic rings. The Hall–Kier alpha value is -1.56. The van der Waals surface area contributed by atoms with Crippen LogP contribution >= 0.6 is 15.9 Å². The molecule has 0 fully saturated rings. The van der Waals surface area contributed by atoms with Gasteiger partial charge in [-0.2, -0.15) is 0 Å². The van der Waals surface area contributed by atoms with Crippen molar-refractivity contribution < 1.29 is 14.6 Å². The molecule has 4 nitrogen and oxygen atoms in total. The first kappa shape index (κ1) is 17.8. The molecule has 0 heterocycles. The quantitative estimate of drug-likeness (QED) is 0.736. The van der Waals surface area contributed by atoms with Crippen molar-refractivity contribution >= 4 is 15.9 Å². The van der Waals surface area contributed by atoms with Gasteiger partial charge in [0.1, 0.15) is 6.61 Å². The molecule has 0 aliphatic carbocycles. The summed E-state index contributed by atoms with van der Waals surface area (Å²) in [5.41, 5.74) is 2.16. The molecule has 0 saturated carbocycles. The molecule has 0 aromatic heterocycles. The minimum Gasteiger partial charge on any atom is -0.493 e. The summed E-state index contributed by atoms with van der Waals surface area (Å²) in [7, 11) is 1.63. The van der Waals surface area contributed by atoms with E-state index in [0.29, 0.717) is 31.2 Å². The van der Waals surface area contributed by atoms with Crippen molar-refractivity contribution in [3.63, 3.8) is 0 Å². The lowest BCUT2D eigenvalue weighted by Gasteiger charge is -2.15. The van der Waals surface area contributed by atoms with Gasteiger partial charge in [0, 0.05) is 13.1 Å². The number of aliphatic hydroxyl groups excluding tert-OH is 1. The predicted molar refractivity (Wildman–Crippen MR) is 94.9 cm³/mol. The zero-order valence-corrected chi connectivity index (χ0v) is 15.0. The number of benzene rings is 2. The molecule has 0 saturated heterocycles. The highest BCUT2D eigenvalue weighted by atomic mass is 79.9. The zero-order chi connectivity index (χ0) is 16.7. The van der Waals surface area contributed by atoms with Gasteiger partial charge >= 0.3 is 0 Å². The third kappa shape index (κ3) is 5.53. The van der Waals surface area contributed by atoms with Crippen molar-refractivity contribution in [2.24, 2.45) is 0 Å². The number of methoxy groups -OCH3 is 1. The minimum absolute atomic E-state index is 0.367. The number of ether oxygens (including phenoxy) is 2. The van der Waals surface area contributed by atoms with Crippen LogP contribution in [0.15, 0.2) is 46.9 Å². The second-order valence-corrected chi connectivity index (χ2v) is 6.22. The van der Waals surface area contributed by atoms with Gasteiger partial charge in [0.25, 0.3) is 0 Å². The Morgan fingerprint density at radius 3 is 2.57 bits per heavy atom. The van der Waals surface area contributed by atoms with Crippen molar-refractivity contribution in [2.75, 3.05) is 13.7 Å². The summed E-state index contributed by atoms with van der Waals surface area (Å²) in [6, 6.07) is 13.9. The summed E-state index contributed by atoms with van der Waals surface area (Å²) in [5, 5.41) is 12.5. The van der Waals surface area contributed by atoms with E-state index in [0.717, 1.165) is 15.6 Å². The van der Waals surface area contributed by atoms with E-state index in [4.69, 9.17) is 9.47 Å². The number of rotatable bonds is 8. The first-order valence-electron chi connectivity index (χ1n) is 7.52. The average Bonchev–Trinajstić information content (AvgIpc) is 2.54. The fourth-order valence-electron chi connectivity index (χ4n) is 2.17. The Morgan fingerprint density at radius 1 is 1.17 bits per heavy atom. The highest BCUT2D eigenvalue weighted by Gasteiger charge is 2.12. The standard InChI is InChI=1S/C18H22BrNO3/c1-13(21)10-20-11-15-8-16(19)18(17(9-15)22-2)23-12-14-6-4-3-5-7-14/h3-9,13,20-21H,10-12H2,1-2H3/t13-/m0/s1. The molecule has 23 heavy (non-hydrogen) atoms. The van der Waals surface area contributed by atoms with Gasteiger partial charge in [-0.25, -0.2) is 0 Å². The second kappa shape index (κ2) is 8.91. The normalized spacial score (nSPS) is 12.0. The first-order valence-corrected chi connectivity index (χ1v) is 8.31. The van der Waals surface area contributed by atoms with Gasteiger partial charge in [-0.3, -0.25) is 0 Å². The molecule has 0 unspecified atom stereocenters. The average molecular weight is 380 g/mol. The van der Waals surface area contributed by atoms with Crippen LogP contribution in [0, 0.1) is 0 Å². The smallest absolute Gasteiger partial charge is 0.175 e. The van der Waals surface area contributed by atoms with Gasteiger partial charge in [-0.15, -0.1) is 0 Å². The minimum atomic E-state index is -0.367. The van der Waals surface area contributed by atoms with E-state index < -0.39 is 0 Å². The maximum absolute atomic E-state index is 9.29. The lowest BCUT2D eigenvalue weighted by atomic mass is 10.2. The summed E-state index contributed by atoms with van der Waals surface area (Å²) in [4.78, 5) is 0. The molecule has 124 valence electrons. The van der Waals surface area contributed by atoms with Gasteiger partial charge in [0.2, 0.25) is 0 Å². The fraction of sp³-hybridized carbons (Fsp3) is 0.333. The molecule has 0 spiro atoms. The Morgan fingerprint density at radius 2 is 1.91 bits per heavy atom. The SMILES string of the molecule is COc1cc(CNC[C@H](C)O)cc(Br)c1OCc1ccccc1. The van der Waals surface area contributed by atoms with Crippen LogP contribution < -0.4 is 14.8 Å². The van der Waals surface area contributed by atoms with Crippen LogP contribution in [-0.2, 0) is 13.2 Å². The first-order chi connectivity index (χ1) is 11.1. The molecule has 2 rings (SSSR count). The lowest BCUT2D eigenvalue weighted by Crippen LogP contribution is -2.23. The molecular formula is C18H22BrNO3. The molecule has 1 atom stereocenters. The Labute approximate surface area is 145 Å². The fourth-order valence-corrected chi connectivity index (χ4v) is 2.77. The van der Waals surface area contributed by atoms with Crippen molar-refractivity contribution in [3.05, 3.63) is 58.1 Å². The van der Waals surface area contributed by atoms with Crippen LogP contribution in [-0.4, -0.2) is 24.9 Å². The second-order valence-electron chi connectivity index (χ2n) is 5.36. The van der Waals surface area contributed by atoms with Crippen LogP contribution in [0.1, 0.15) is 18.1 Å². The lowest BCUT2D eigenvalue weighted by molar-refractivity contribution is 0.191. The summed E-state index contributed by atoms with van der Waals surface area (Å²) in [6.45, 7) is 3.43. The maximum Gasteiger partial charge on any atom is 0.175 e. The molecule has 2 N–H and O–H groups in total. The Bertz CT molecular complexity index is 617. The van der Waals surface area contributed by atoms with Gasteiger partial charge in [0.15, 0.2) is 11.5 Å². The number of aliphatic hydroxyl groups is 1. The highest BCUT2D eigenvalue weighted by Crippen LogP contribution is 2.37. The van der Waals surface area contributed by atoms with E-state index in [1.54, 1.807) is 14.0 Å². The van der Waals surface area contributed by atoms with Crippen molar-refractivity contribution in [1.29, 1.82) is 0 Å². The van der Waals surface area contributed by atoms with Crippen LogP contribution in [0.3, 0.4) is 0 Å². The third-order valence-corrected chi connectivity index (χ3v) is 3.87. The van der Waals surface area contributed by atoms with Crippen molar-refractivity contribution in [1.82, 2.24) is 5.32 Å². The van der Waals surface area contributed by atoms with Gasteiger partial charge in [0.05, 0.1) is 17.7 Å². The molecule has 0 amide bonds. The summed E-state index contributed by atoms with van der Waals surface area (Å²) >= 11 is 3.55. The van der Waals surface area contributed by atoms with E-state index in [9.17, 15) is 5.11 Å². The third-order valence-electron chi connectivity index (χ3n) is 3.28. The van der Waals surface area contributed by atoms with Crippen LogP contribution in [0.2, 0.25) is 0 Å². The van der Waals surface area contributed by atoms with Gasteiger partial charge in [-0.1, -0.05) is 30.3 Å². The molecule has 0 radical (unpaired) electrons. The number of hydrogen-bond donors (Lipinski definition) is 2. The largest absolute Gasteiger partial charge is 0.493 e.